The lowest BCUT2D eigenvalue weighted by atomic mass is 9.75. The molecule has 1 aliphatic rings. The number of benzene rings is 3. The number of nitrogens with one attached hydrogen (secondary N) is 1. The predicted octanol–water partition coefficient (Wildman–Crippen LogP) is 8.25. The zero-order chi connectivity index (χ0) is 26.6. The smallest absolute Gasteiger partial charge is 0.258 e. The normalized spacial score (nSPS) is 22.3. The summed E-state index contributed by atoms with van der Waals surface area (Å²) in [7, 11) is 0.607. The standard InChI is InChI=1S/C32H43N2O2P/c1-23(2)30-21-14-25(4)22-31(30)36-37(35,29-19-17-28(18-20-29)34(5)6)32(26-15-12-24(3)13-16-26)33-27-10-8-7-9-11-27/h7-13,15-20,23,25,30-33H,14,21-22H2,1-6H3/t25-,30-,31-,32+,37-/m1/s1. The van der Waals surface area contributed by atoms with Gasteiger partial charge in [-0.15, -0.1) is 0 Å². The lowest BCUT2D eigenvalue weighted by Gasteiger charge is -2.41. The molecule has 3 aromatic carbocycles. The SMILES string of the molecule is Cc1ccc([C@@H](Nc2ccccc2)[P@](=O)(O[C@@H]2C[C@H](C)CC[C@@H]2C(C)C)c2ccc(N(C)C)cc2)cc1. The van der Waals surface area contributed by atoms with Crippen LogP contribution in [0.5, 0.6) is 0 Å². The van der Waals surface area contributed by atoms with Crippen LogP contribution in [0.1, 0.15) is 56.9 Å². The van der Waals surface area contributed by atoms with Gasteiger partial charge in [-0.3, -0.25) is 4.57 Å². The van der Waals surface area contributed by atoms with E-state index in [9.17, 15) is 0 Å². The summed E-state index contributed by atoms with van der Waals surface area (Å²) >= 11 is 0. The van der Waals surface area contributed by atoms with Crippen LogP contribution in [0.2, 0.25) is 0 Å². The van der Waals surface area contributed by atoms with E-state index in [1.807, 2.05) is 68.7 Å². The van der Waals surface area contributed by atoms with Gasteiger partial charge in [0.05, 0.1) is 6.10 Å². The van der Waals surface area contributed by atoms with Crippen molar-refractivity contribution in [1.29, 1.82) is 0 Å². The second-order valence-electron chi connectivity index (χ2n) is 11.3. The van der Waals surface area contributed by atoms with Crippen LogP contribution >= 0.6 is 7.37 Å². The Kier molecular flexibility index (Phi) is 8.82. The Bertz CT molecular complexity index is 1180. The van der Waals surface area contributed by atoms with Gasteiger partial charge in [0.2, 0.25) is 0 Å². The van der Waals surface area contributed by atoms with Gasteiger partial charge in [-0.05, 0) is 79.5 Å². The van der Waals surface area contributed by atoms with E-state index < -0.39 is 13.2 Å². The maximum Gasteiger partial charge on any atom is 0.258 e. The lowest BCUT2D eigenvalue weighted by Crippen LogP contribution is -2.35. The number of anilines is 2. The minimum absolute atomic E-state index is 0.0476. The van der Waals surface area contributed by atoms with Crippen molar-refractivity contribution >= 4 is 24.0 Å². The molecule has 0 heterocycles. The van der Waals surface area contributed by atoms with Gasteiger partial charge in [0.15, 0.2) is 0 Å². The van der Waals surface area contributed by atoms with Crippen LogP contribution in [0.25, 0.3) is 0 Å². The third-order valence-electron chi connectivity index (χ3n) is 7.79. The van der Waals surface area contributed by atoms with Gasteiger partial charge in [-0.1, -0.05) is 75.2 Å². The lowest BCUT2D eigenvalue weighted by molar-refractivity contribution is 0.0489. The summed E-state index contributed by atoms with van der Waals surface area (Å²) in [5.41, 5.74) is 4.15. The Hall–Kier alpha value is -2.55. The molecular weight excluding hydrogens is 475 g/mol. The van der Waals surface area contributed by atoms with Crippen molar-refractivity contribution in [3.8, 4) is 0 Å². The van der Waals surface area contributed by atoms with Gasteiger partial charge < -0.3 is 14.7 Å². The van der Waals surface area contributed by atoms with E-state index >= 15 is 4.57 Å². The summed E-state index contributed by atoms with van der Waals surface area (Å²) in [5.74, 6) is 0.915. The zero-order valence-corrected chi connectivity index (χ0v) is 24.1. The molecule has 4 nitrogen and oxygen atoms in total. The molecule has 37 heavy (non-hydrogen) atoms. The molecule has 1 fully saturated rings. The molecule has 0 amide bonds. The summed E-state index contributed by atoms with van der Waals surface area (Å²) in [6.07, 6.45) is 3.21. The second-order valence-corrected chi connectivity index (χ2v) is 13.7. The van der Waals surface area contributed by atoms with E-state index in [1.165, 1.54) is 12.0 Å². The number of nitrogens with zero attached hydrogens (tertiary/aromatic N) is 1. The van der Waals surface area contributed by atoms with Crippen LogP contribution < -0.4 is 15.5 Å². The predicted molar refractivity (Wildman–Crippen MR) is 158 cm³/mol. The monoisotopic (exact) mass is 518 g/mol. The molecule has 198 valence electrons. The van der Waals surface area contributed by atoms with Crippen molar-refractivity contribution in [2.24, 2.45) is 17.8 Å². The van der Waals surface area contributed by atoms with Gasteiger partial charge in [-0.25, -0.2) is 0 Å². The highest BCUT2D eigenvalue weighted by Crippen LogP contribution is 2.61. The van der Waals surface area contributed by atoms with Gasteiger partial charge in [0.1, 0.15) is 5.78 Å². The van der Waals surface area contributed by atoms with Gasteiger partial charge >= 0.3 is 0 Å². The molecule has 3 aromatic rings. The number of hydrogen-bond acceptors (Lipinski definition) is 4. The van der Waals surface area contributed by atoms with Gasteiger partial charge in [-0.2, -0.15) is 0 Å². The first-order valence-electron chi connectivity index (χ1n) is 13.6. The first-order chi connectivity index (χ1) is 17.7. The number of aryl methyl sites for hydroxylation is 1. The molecule has 0 unspecified atom stereocenters. The Balaban J connectivity index is 1.84. The molecular formula is C32H43N2O2P. The molecule has 4 rings (SSSR count). The van der Waals surface area contributed by atoms with E-state index in [-0.39, 0.29) is 6.10 Å². The molecule has 1 N–H and O–H groups in total. The summed E-state index contributed by atoms with van der Waals surface area (Å²) in [5, 5.41) is 4.39. The minimum Gasteiger partial charge on any atom is -0.378 e. The third kappa shape index (κ3) is 6.48. The summed E-state index contributed by atoms with van der Waals surface area (Å²) < 4.78 is 22.5. The molecule has 0 saturated heterocycles. The quantitative estimate of drug-likeness (QED) is 0.290. The summed E-state index contributed by atoms with van der Waals surface area (Å²) in [6, 6.07) is 26.5. The minimum atomic E-state index is -3.44. The van der Waals surface area contributed by atoms with Crippen LogP contribution in [0, 0.1) is 24.7 Å². The fourth-order valence-electron chi connectivity index (χ4n) is 5.47. The summed E-state index contributed by atoms with van der Waals surface area (Å²) in [4.78, 5) is 2.06. The van der Waals surface area contributed by atoms with Crippen molar-refractivity contribution in [2.45, 2.75) is 58.8 Å². The van der Waals surface area contributed by atoms with Gasteiger partial charge in [0.25, 0.3) is 7.37 Å². The third-order valence-corrected chi connectivity index (χ3v) is 10.5. The average Bonchev–Trinajstić information content (AvgIpc) is 2.88. The van der Waals surface area contributed by atoms with Crippen LogP contribution in [0.4, 0.5) is 11.4 Å². The van der Waals surface area contributed by atoms with E-state index in [0.717, 1.165) is 35.1 Å². The molecule has 0 radical (unpaired) electrons. The maximum atomic E-state index is 15.5. The molecule has 1 aliphatic carbocycles. The summed E-state index contributed by atoms with van der Waals surface area (Å²) in [6.45, 7) is 8.92. The molecule has 0 spiro atoms. The molecule has 0 aliphatic heterocycles. The first kappa shape index (κ1) is 27.5. The van der Waals surface area contributed by atoms with Crippen molar-refractivity contribution in [2.75, 3.05) is 24.3 Å². The Morgan fingerprint density at radius 1 is 0.919 bits per heavy atom. The zero-order valence-electron chi connectivity index (χ0n) is 23.2. The van der Waals surface area contributed by atoms with Crippen molar-refractivity contribution < 1.29 is 9.09 Å². The number of para-hydroxylation sites is 1. The van der Waals surface area contributed by atoms with Crippen LogP contribution in [-0.2, 0) is 9.09 Å². The average molecular weight is 519 g/mol. The fraction of sp³-hybridized carbons (Fsp3) is 0.438. The Morgan fingerprint density at radius 3 is 2.16 bits per heavy atom. The van der Waals surface area contributed by atoms with E-state index in [4.69, 9.17) is 4.52 Å². The van der Waals surface area contributed by atoms with E-state index in [1.54, 1.807) is 0 Å². The topological polar surface area (TPSA) is 41.6 Å². The number of rotatable bonds is 9. The van der Waals surface area contributed by atoms with Crippen LogP contribution in [0.15, 0.2) is 78.9 Å². The molecule has 5 heteroatoms. The van der Waals surface area contributed by atoms with Crippen molar-refractivity contribution in [3.05, 3.63) is 90.0 Å². The fourth-order valence-corrected chi connectivity index (χ4v) is 8.11. The molecule has 5 atom stereocenters. The first-order valence-corrected chi connectivity index (χ1v) is 15.3. The molecule has 0 aromatic heterocycles. The highest BCUT2D eigenvalue weighted by atomic mass is 31.2. The largest absolute Gasteiger partial charge is 0.378 e. The highest BCUT2D eigenvalue weighted by Gasteiger charge is 2.43. The Morgan fingerprint density at radius 2 is 1.57 bits per heavy atom. The maximum absolute atomic E-state index is 15.5. The van der Waals surface area contributed by atoms with E-state index in [0.29, 0.717) is 17.8 Å². The van der Waals surface area contributed by atoms with Crippen LogP contribution in [0.3, 0.4) is 0 Å². The van der Waals surface area contributed by atoms with Crippen molar-refractivity contribution in [1.82, 2.24) is 0 Å². The highest BCUT2D eigenvalue weighted by molar-refractivity contribution is 7.67. The molecule has 1 saturated carbocycles. The van der Waals surface area contributed by atoms with E-state index in [2.05, 4.69) is 62.2 Å². The molecule has 0 bridgehead atoms. The van der Waals surface area contributed by atoms with Crippen LogP contribution in [-0.4, -0.2) is 20.2 Å². The second kappa shape index (κ2) is 11.9. The number of hydrogen-bond donors (Lipinski definition) is 1. The van der Waals surface area contributed by atoms with Gasteiger partial charge in [0, 0.05) is 30.8 Å². The Labute approximate surface area is 223 Å². The van der Waals surface area contributed by atoms with Crippen molar-refractivity contribution in [3.63, 3.8) is 0 Å².